The van der Waals surface area contributed by atoms with Crippen LogP contribution in [0.1, 0.15) is 12.0 Å². The molecule has 0 spiro atoms. The fourth-order valence-electron chi connectivity index (χ4n) is 2.11. The Morgan fingerprint density at radius 3 is 2.72 bits per heavy atom. The molecule has 0 amide bonds. The Balaban J connectivity index is 2.15. The number of allylic oxidation sites excluding steroid dienone is 1. The first-order valence-corrected chi connectivity index (χ1v) is 6.71. The lowest BCUT2D eigenvalue weighted by atomic mass is 10.1. The van der Waals surface area contributed by atoms with E-state index in [4.69, 9.17) is 0 Å². The Bertz CT molecular complexity index is 737. The number of carbonyl (C=O) groups excluding carboxylic acids is 1. The molecule has 0 aliphatic rings. The van der Waals surface area contributed by atoms with Crippen LogP contribution in [-0.2, 0) is 4.79 Å². The molecule has 0 N–H and O–H groups in total. The maximum atomic E-state index is 10.3. The topological polar surface area (TPSA) is 17.1 Å². The summed E-state index contributed by atoms with van der Waals surface area (Å²) in [5, 5.41) is 2.60. The standard InChI is InChI=1S/C16H12OS/c17-10-4-3-5-12-8-9-16-14(11-12)13-6-1-2-7-15(13)18-16/h1-3,5-11H,4H2. The molecule has 1 nitrogen and oxygen atoms in total. The number of benzene rings is 2. The van der Waals surface area contributed by atoms with Gasteiger partial charge in [-0.1, -0.05) is 36.4 Å². The second kappa shape index (κ2) is 4.75. The first-order chi connectivity index (χ1) is 8.88. The molecule has 0 radical (unpaired) electrons. The lowest BCUT2D eigenvalue weighted by molar-refractivity contribution is -0.107. The number of aldehydes is 1. The van der Waals surface area contributed by atoms with Crippen LogP contribution in [0.25, 0.3) is 26.2 Å². The summed E-state index contributed by atoms with van der Waals surface area (Å²) in [6, 6.07) is 14.9. The number of fused-ring (bicyclic) bond motifs is 3. The van der Waals surface area contributed by atoms with E-state index in [1.165, 1.54) is 20.2 Å². The summed E-state index contributed by atoms with van der Waals surface area (Å²) in [6.07, 6.45) is 5.28. The zero-order valence-corrected chi connectivity index (χ0v) is 10.6. The summed E-state index contributed by atoms with van der Waals surface area (Å²) in [5.41, 5.74) is 1.15. The molecule has 3 aromatic rings. The molecule has 2 heteroatoms. The molecular weight excluding hydrogens is 240 g/mol. The summed E-state index contributed by atoms with van der Waals surface area (Å²) in [5.74, 6) is 0. The van der Waals surface area contributed by atoms with Crippen LogP contribution in [0.15, 0.2) is 48.5 Å². The van der Waals surface area contributed by atoms with E-state index in [1.807, 2.05) is 23.5 Å². The van der Waals surface area contributed by atoms with Gasteiger partial charge in [0.15, 0.2) is 0 Å². The normalized spacial score (nSPS) is 11.6. The van der Waals surface area contributed by atoms with Gasteiger partial charge in [-0.2, -0.15) is 0 Å². The van der Waals surface area contributed by atoms with Gasteiger partial charge in [0.05, 0.1) is 0 Å². The summed E-state index contributed by atoms with van der Waals surface area (Å²) in [4.78, 5) is 10.3. The minimum absolute atomic E-state index is 0.475. The molecule has 1 heterocycles. The third-order valence-corrected chi connectivity index (χ3v) is 4.10. The van der Waals surface area contributed by atoms with Gasteiger partial charge < -0.3 is 4.79 Å². The zero-order chi connectivity index (χ0) is 12.4. The Kier molecular flexibility index (Phi) is 2.95. The van der Waals surface area contributed by atoms with Crippen molar-refractivity contribution in [1.29, 1.82) is 0 Å². The average Bonchev–Trinajstić information content (AvgIpc) is 2.77. The summed E-state index contributed by atoms with van der Waals surface area (Å²) >= 11 is 1.82. The highest BCUT2D eigenvalue weighted by molar-refractivity contribution is 7.25. The Hall–Kier alpha value is -1.93. The van der Waals surface area contributed by atoms with Gasteiger partial charge in [-0.15, -0.1) is 11.3 Å². The number of thiophene rings is 1. The van der Waals surface area contributed by atoms with Gasteiger partial charge >= 0.3 is 0 Å². The van der Waals surface area contributed by atoms with Crippen molar-refractivity contribution < 1.29 is 4.79 Å². The first-order valence-electron chi connectivity index (χ1n) is 5.90. The van der Waals surface area contributed by atoms with Gasteiger partial charge in [-0.25, -0.2) is 0 Å². The third kappa shape index (κ3) is 1.95. The molecule has 88 valence electrons. The van der Waals surface area contributed by atoms with Crippen LogP contribution >= 0.6 is 11.3 Å². The van der Waals surface area contributed by atoms with E-state index >= 15 is 0 Å². The number of carbonyl (C=O) groups is 1. The van der Waals surface area contributed by atoms with Crippen molar-refractivity contribution in [2.75, 3.05) is 0 Å². The monoisotopic (exact) mass is 252 g/mol. The van der Waals surface area contributed by atoms with Crippen LogP contribution in [0.4, 0.5) is 0 Å². The smallest absolute Gasteiger partial charge is 0.123 e. The van der Waals surface area contributed by atoms with Gasteiger partial charge in [0, 0.05) is 26.6 Å². The number of hydrogen-bond acceptors (Lipinski definition) is 2. The largest absolute Gasteiger partial charge is 0.303 e. The summed E-state index contributed by atoms with van der Waals surface area (Å²) < 4.78 is 2.63. The van der Waals surface area contributed by atoms with Gasteiger partial charge in [-0.3, -0.25) is 0 Å². The quantitative estimate of drug-likeness (QED) is 0.620. The van der Waals surface area contributed by atoms with Crippen LogP contribution in [-0.4, -0.2) is 6.29 Å². The van der Waals surface area contributed by atoms with Crippen molar-refractivity contribution in [2.24, 2.45) is 0 Å². The Morgan fingerprint density at radius 1 is 1.00 bits per heavy atom. The third-order valence-electron chi connectivity index (χ3n) is 2.94. The predicted octanol–water partition coefficient (Wildman–Crippen LogP) is 4.66. The van der Waals surface area contributed by atoms with Gasteiger partial charge in [0.1, 0.15) is 6.29 Å². The van der Waals surface area contributed by atoms with Crippen molar-refractivity contribution in [1.82, 2.24) is 0 Å². The van der Waals surface area contributed by atoms with Gasteiger partial charge in [0.25, 0.3) is 0 Å². The molecule has 0 aliphatic heterocycles. The highest BCUT2D eigenvalue weighted by Gasteiger charge is 2.03. The molecule has 18 heavy (non-hydrogen) atoms. The van der Waals surface area contributed by atoms with E-state index in [0.717, 1.165) is 11.8 Å². The average molecular weight is 252 g/mol. The van der Waals surface area contributed by atoms with Gasteiger partial charge in [0.2, 0.25) is 0 Å². The molecule has 0 unspecified atom stereocenters. The zero-order valence-electron chi connectivity index (χ0n) is 9.80. The minimum Gasteiger partial charge on any atom is -0.303 e. The molecule has 1 aromatic heterocycles. The molecule has 0 saturated carbocycles. The predicted molar refractivity (Wildman–Crippen MR) is 79.0 cm³/mol. The summed E-state index contributed by atoms with van der Waals surface area (Å²) in [7, 11) is 0. The highest BCUT2D eigenvalue weighted by Crippen LogP contribution is 2.34. The van der Waals surface area contributed by atoms with E-state index in [0.29, 0.717) is 6.42 Å². The Morgan fingerprint density at radius 2 is 1.83 bits per heavy atom. The van der Waals surface area contributed by atoms with E-state index in [1.54, 1.807) is 0 Å². The van der Waals surface area contributed by atoms with Crippen LogP contribution in [0.2, 0.25) is 0 Å². The second-order valence-corrected chi connectivity index (χ2v) is 5.24. The van der Waals surface area contributed by atoms with E-state index in [-0.39, 0.29) is 0 Å². The van der Waals surface area contributed by atoms with Crippen molar-refractivity contribution in [2.45, 2.75) is 6.42 Å². The SMILES string of the molecule is O=CCC=Cc1ccc2sc3ccccc3c2c1. The molecule has 0 bridgehead atoms. The molecule has 0 aliphatic carbocycles. The fourth-order valence-corrected chi connectivity index (χ4v) is 3.19. The van der Waals surface area contributed by atoms with E-state index in [2.05, 4.69) is 42.5 Å². The van der Waals surface area contributed by atoms with E-state index in [9.17, 15) is 4.79 Å². The van der Waals surface area contributed by atoms with E-state index < -0.39 is 0 Å². The molecular formula is C16H12OS. The van der Waals surface area contributed by atoms with Crippen molar-refractivity contribution in [3.63, 3.8) is 0 Å². The van der Waals surface area contributed by atoms with Crippen LogP contribution in [0.3, 0.4) is 0 Å². The minimum atomic E-state index is 0.475. The highest BCUT2D eigenvalue weighted by atomic mass is 32.1. The van der Waals surface area contributed by atoms with Gasteiger partial charge in [-0.05, 0) is 23.8 Å². The molecule has 0 saturated heterocycles. The number of hydrogen-bond donors (Lipinski definition) is 0. The second-order valence-electron chi connectivity index (χ2n) is 4.16. The van der Waals surface area contributed by atoms with Crippen molar-refractivity contribution >= 4 is 43.9 Å². The van der Waals surface area contributed by atoms with Crippen LogP contribution in [0.5, 0.6) is 0 Å². The summed E-state index contributed by atoms with van der Waals surface area (Å²) in [6.45, 7) is 0. The number of rotatable bonds is 3. The molecule has 2 aromatic carbocycles. The maximum absolute atomic E-state index is 10.3. The van der Waals surface area contributed by atoms with Crippen molar-refractivity contribution in [3.8, 4) is 0 Å². The molecule has 0 fully saturated rings. The molecule has 3 rings (SSSR count). The molecule has 0 atom stereocenters. The lowest BCUT2D eigenvalue weighted by Gasteiger charge is -1.95. The van der Waals surface area contributed by atoms with Crippen LogP contribution < -0.4 is 0 Å². The maximum Gasteiger partial charge on any atom is 0.123 e. The fraction of sp³-hybridized carbons (Fsp3) is 0.0625. The first kappa shape index (κ1) is 11.2. The Labute approximate surface area is 109 Å². The van der Waals surface area contributed by atoms with Crippen LogP contribution in [0, 0.1) is 0 Å². The lowest BCUT2D eigenvalue weighted by Crippen LogP contribution is -1.73. The van der Waals surface area contributed by atoms with Crippen molar-refractivity contribution in [3.05, 3.63) is 54.1 Å².